The number of nitrogens with zero attached hydrogens (tertiary/aromatic N) is 3. The van der Waals surface area contributed by atoms with Crippen molar-refractivity contribution in [1.82, 2.24) is 14.9 Å². The van der Waals surface area contributed by atoms with Gasteiger partial charge in [0.1, 0.15) is 30.3 Å². The second-order valence-electron chi connectivity index (χ2n) is 8.44. The molecular formula is C25H27ClFN5O3. The third-order valence-electron chi connectivity index (χ3n) is 5.37. The summed E-state index contributed by atoms with van der Waals surface area (Å²) in [6, 6.07) is 7.82. The summed E-state index contributed by atoms with van der Waals surface area (Å²) < 4.78 is 25.3. The molecule has 35 heavy (non-hydrogen) atoms. The molecule has 1 atom stereocenters. The average Bonchev–Trinajstić information content (AvgIpc) is 3.34. The zero-order valence-corrected chi connectivity index (χ0v) is 20.3. The van der Waals surface area contributed by atoms with E-state index in [1.165, 1.54) is 24.5 Å². The van der Waals surface area contributed by atoms with Crippen molar-refractivity contribution in [3.63, 3.8) is 0 Å². The van der Waals surface area contributed by atoms with Gasteiger partial charge in [0, 0.05) is 36.4 Å². The number of aromatic nitrogens is 2. The zero-order valence-electron chi connectivity index (χ0n) is 19.6. The Morgan fingerprint density at radius 3 is 2.91 bits per heavy atom. The normalized spacial score (nSPS) is 15.7. The smallest absolute Gasteiger partial charge is 0.248 e. The van der Waals surface area contributed by atoms with E-state index >= 15 is 0 Å². The quantitative estimate of drug-likeness (QED) is 0.409. The van der Waals surface area contributed by atoms with E-state index in [-0.39, 0.29) is 17.0 Å². The fourth-order valence-corrected chi connectivity index (χ4v) is 3.80. The summed E-state index contributed by atoms with van der Waals surface area (Å²) in [6.07, 6.45) is 6.62. The standard InChI is InChI=1S/C25H27ClFN5O3/c1-32(2)9-3-6-24(33)31-22-12-18-21(13-23(22)35-14-17-5-4-10-34-17)28-15-29-25(18)30-16-7-8-20(27)19(26)11-16/h3,6-8,11-13,15,17H,4-5,9-10,14H2,1-2H3,(H,31,33)(H,28,29,30)/b6-3+/t17-/m1/s1. The van der Waals surface area contributed by atoms with Crippen molar-refractivity contribution in [2.45, 2.75) is 18.9 Å². The number of halogens is 2. The fraction of sp³-hybridized carbons (Fsp3) is 0.320. The van der Waals surface area contributed by atoms with Crippen molar-refractivity contribution in [2.24, 2.45) is 0 Å². The van der Waals surface area contributed by atoms with Gasteiger partial charge in [0.25, 0.3) is 0 Å². The lowest BCUT2D eigenvalue weighted by atomic mass is 10.1. The number of carbonyl (C=O) groups excluding carboxylic acids is 1. The summed E-state index contributed by atoms with van der Waals surface area (Å²) in [5.41, 5.74) is 1.65. The summed E-state index contributed by atoms with van der Waals surface area (Å²) in [4.78, 5) is 23.2. The molecule has 1 fully saturated rings. The molecule has 0 spiro atoms. The van der Waals surface area contributed by atoms with E-state index < -0.39 is 5.82 Å². The number of anilines is 3. The minimum absolute atomic E-state index is 0.00403. The Balaban J connectivity index is 1.65. The topological polar surface area (TPSA) is 88.6 Å². The Morgan fingerprint density at radius 2 is 2.17 bits per heavy atom. The highest BCUT2D eigenvalue weighted by atomic mass is 35.5. The van der Waals surface area contributed by atoms with Crippen LogP contribution in [-0.2, 0) is 9.53 Å². The van der Waals surface area contributed by atoms with Crippen LogP contribution in [0.1, 0.15) is 12.8 Å². The summed E-state index contributed by atoms with van der Waals surface area (Å²) >= 11 is 5.92. The molecule has 1 aliphatic heterocycles. The molecule has 3 aromatic rings. The maximum atomic E-state index is 13.6. The molecule has 1 aromatic heterocycles. The van der Waals surface area contributed by atoms with Crippen LogP contribution in [-0.4, -0.2) is 60.7 Å². The van der Waals surface area contributed by atoms with Crippen LogP contribution in [0.4, 0.5) is 21.6 Å². The van der Waals surface area contributed by atoms with E-state index in [0.29, 0.717) is 47.0 Å². The summed E-state index contributed by atoms with van der Waals surface area (Å²) in [7, 11) is 3.84. The predicted molar refractivity (Wildman–Crippen MR) is 135 cm³/mol. The number of amides is 1. The molecule has 10 heteroatoms. The first-order valence-electron chi connectivity index (χ1n) is 11.3. The van der Waals surface area contributed by atoms with Gasteiger partial charge in [-0.05, 0) is 51.2 Å². The molecule has 0 aliphatic carbocycles. The molecule has 2 heterocycles. The van der Waals surface area contributed by atoms with Gasteiger partial charge in [0.05, 0.1) is 22.3 Å². The largest absolute Gasteiger partial charge is 0.489 e. The molecule has 0 radical (unpaired) electrons. The van der Waals surface area contributed by atoms with Gasteiger partial charge < -0.3 is 25.0 Å². The maximum absolute atomic E-state index is 13.6. The Hall–Kier alpha value is -3.27. The van der Waals surface area contributed by atoms with Crippen molar-refractivity contribution >= 4 is 45.6 Å². The van der Waals surface area contributed by atoms with Crippen LogP contribution in [0.15, 0.2) is 48.8 Å². The van der Waals surface area contributed by atoms with Crippen LogP contribution in [0.3, 0.4) is 0 Å². The van der Waals surface area contributed by atoms with Crippen LogP contribution in [0.5, 0.6) is 5.75 Å². The molecule has 1 aliphatic rings. The molecule has 2 N–H and O–H groups in total. The molecule has 8 nitrogen and oxygen atoms in total. The van der Waals surface area contributed by atoms with E-state index in [1.807, 2.05) is 19.0 Å². The highest BCUT2D eigenvalue weighted by molar-refractivity contribution is 6.31. The van der Waals surface area contributed by atoms with Gasteiger partial charge in [-0.2, -0.15) is 0 Å². The number of benzene rings is 2. The number of fused-ring (bicyclic) bond motifs is 1. The van der Waals surface area contributed by atoms with Crippen molar-refractivity contribution in [3.05, 3.63) is 59.7 Å². The third kappa shape index (κ3) is 6.66. The Bertz CT molecular complexity index is 1230. The average molecular weight is 500 g/mol. The van der Waals surface area contributed by atoms with E-state index in [1.54, 1.807) is 24.3 Å². The van der Waals surface area contributed by atoms with Crippen molar-refractivity contribution in [2.75, 3.05) is 44.5 Å². The summed E-state index contributed by atoms with van der Waals surface area (Å²) in [5.74, 6) is 0.161. The SMILES string of the molecule is CN(C)C/C=C/C(=O)Nc1cc2c(Nc3ccc(F)c(Cl)c3)ncnc2cc1OC[C@H]1CCCO1. The number of likely N-dealkylation sites (N-methyl/N-ethyl adjacent to an activating group) is 1. The van der Waals surface area contributed by atoms with Crippen molar-refractivity contribution < 1.29 is 18.7 Å². The number of rotatable bonds is 9. The third-order valence-corrected chi connectivity index (χ3v) is 5.66. The lowest BCUT2D eigenvalue weighted by Crippen LogP contribution is -2.18. The van der Waals surface area contributed by atoms with Gasteiger partial charge in [-0.15, -0.1) is 0 Å². The molecule has 0 unspecified atom stereocenters. The van der Waals surface area contributed by atoms with Gasteiger partial charge in [0.15, 0.2) is 0 Å². The summed E-state index contributed by atoms with van der Waals surface area (Å²) in [6.45, 7) is 1.73. The van der Waals surface area contributed by atoms with Crippen LogP contribution >= 0.6 is 11.6 Å². The molecule has 2 aromatic carbocycles. The first-order chi connectivity index (χ1) is 16.9. The van der Waals surface area contributed by atoms with Crippen LogP contribution in [0, 0.1) is 5.82 Å². The van der Waals surface area contributed by atoms with Gasteiger partial charge in [-0.25, -0.2) is 14.4 Å². The molecule has 1 saturated heterocycles. The van der Waals surface area contributed by atoms with E-state index in [0.717, 1.165) is 19.4 Å². The van der Waals surface area contributed by atoms with Crippen LogP contribution < -0.4 is 15.4 Å². The second kappa shape index (κ2) is 11.4. The number of ether oxygens (including phenoxy) is 2. The summed E-state index contributed by atoms with van der Waals surface area (Å²) in [5, 5.41) is 6.68. The lowest BCUT2D eigenvalue weighted by Gasteiger charge is -2.17. The Labute approximate surface area is 208 Å². The molecule has 184 valence electrons. The van der Waals surface area contributed by atoms with Gasteiger partial charge >= 0.3 is 0 Å². The van der Waals surface area contributed by atoms with Crippen molar-refractivity contribution in [3.8, 4) is 5.75 Å². The molecule has 4 rings (SSSR count). The lowest BCUT2D eigenvalue weighted by molar-refractivity contribution is -0.111. The zero-order chi connectivity index (χ0) is 24.8. The number of hydrogen-bond donors (Lipinski definition) is 2. The molecule has 1 amide bonds. The van der Waals surface area contributed by atoms with E-state index in [9.17, 15) is 9.18 Å². The Morgan fingerprint density at radius 1 is 1.31 bits per heavy atom. The predicted octanol–water partition coefficient (Wildman–Crippen LogP) is 4.78. The second-order valence-corrected chi connectivity index (χ2v) is 8.85. The number of carbonyl (C=O) groups is 1. The monoisotopic (exact) mass is 499 g/mol. The molecule has 0 bridgehead atoms. The minimum atomic E-state index is -0.509. The first kappa shape index (κ1) is 24.8. The highest BCUT2D eigenvalue weighted by Crippen LogP contribution is 2.34. The van der Waals surface area contributed by atoms with E-state index in [2.05, 4.69) is 20.6 Å². The minimum Gasteiger partial charge on any atom is -0.489 e. The number of nitrogens with one attached hydrogen (secondary N) is 2. The van der Waals surface area contributed by atoms with Crippen LogP contribution in [0.25, 0.3) is 10.9 Å². The molecular weight excluding hydrogens is 473 g/mol. The fourth-order valence-electron chi connectivity index (χ4n) is 3.61. The van der Waals surface area contributed by atoms with Gasteiger partial charge in [-0.1, -0.05) is 17.7 Å². The van der Waals surface area contributed by atoms with Crippen LogP contribution in [0.2, 0.25) is 5.02 Å². The Kier molecular flexibility index (Phi) is 8.12. The first-order valence-corrected chi connectivity index (χ1v) is 11.6. The number of hydrogen-bond acceptors (Lipinski definition) is 7. The van der Waals surface area contributed by atoms with Gasteiger partial charge in [-0.3, -0.25) is 4.79 Å². The molecule has 0 saturated carbocycles. The van der Waals surface area contributed by atoms with Gasteiger partial charge in [0.2, 0.25) is 5.91 Å². The highest BCUT2D eigenvalue weighted by Gasteiger charge is 2.19. The van der Waals surface area contributed by atoms with Crippen molar-refractivity contribution in [1.29, 1.82) is 0 Å². The maximum Gasteiger partial charge on any atom is 0.248 e. The van der Waals surface area contributed by atoms with E-state index in [4.69, 9.17) is 21.1 Å².